The van der Waals surface area contributed by atoms with E-state index in [2.05, 4.69) is 20.1 Å². The summed E-state index contributed by atoms with van der Waals surface area (Å²) in [7, 11) is 2.01. The molecule has 1 aliphatic heterocycles. The van der Waals surface area contributed by atoms with Gasteiger partial charge in [-0.05, 0) is 19.2 Å². The van der Waals surface area contributed by atoms with E-state index in [-0.39, 0.29) is 11.0 Å². The van der Waals surface area contributed by atoms with E-state index in [0.717, 1.165) is 25.2 Å². The minimum absolute atomic E-state index is 0.158. The smallest absolute Gasteiger partial charge is 0.366 e. The zero-order chi connectivity index (χ0) is 19.3. The van der Waals surface area contributed by atoms with Gasteiger partial charge in [0.05, 0.1) is 22.2 Å². The van der Waals surface area contributed by atoms with E-state index < -0.39 is 23.2 Å². The van der Waals surface area contributed by atoms with E-state index >= 15 is 0 Å². The van der Waals surface area contributed by atoms with Gasteiger partial charge in [0.25, 0.3) is 0 Å². The van der Waals surface area contributed by atoms with Crippen molar-refractivity contribution in [1.29, 1.82) is 0 Å². The number of anilines is 1. The molecule has 0 atom stereocenters. The number of carbonyl (C=O) groups excluding carboxylic acids is 1. The molecule has 0 aliphatic carbocycles. The molecule has 27 heavy (non-hydrogen) atoms. The van der Waals surface area contributed by atoms with Gasteiger partial charge in [0.2, 0.25) is 11.6 Å². The number of amides is 1. The number of piperazine rings is 1. The second-order valence-electron chi connectivity index (χ2n) is 6.50. The molecule has 8 nitrogen and oxygen atoms in total. The van der Waals surface area contributed by atoms with Crippen LogP contribution in [0.4, 0.5) is 19.0 Å². The highest BCUT2D eigenvalue weighted by Gasteiger charge is 2.36. The van der Waals surface area contributed by atoms with Crippen LogP contribution in [0.1, 0.15) is 15.9 Å². The van der Waals surface area contributed by atoms with E-state index in [9.17, 15) is 18.0 Å². The standard InChI is InChI=1S/C16H16F3N7O/c1-24-2-4-25(5-3-24)14-15-23-21-8-26(15)12-7-10(16(17,18)19)9(13(20)27)6-11(12)22-14/h6-8H,2-5H2,1H3,(H2,20,27). The number of benzene rings is 1. The summed E-state index contributed by atoms with van der Waals surface area (Å²) >= 11 is 0. The first kappa shape index (κ1) is 17.5. The molecule has 1 aliphatic rings. The Morgan fingerprint density at radius 3 is 2.52 bits per heavy atom. The van der Waals surface area contributed by atoms with Crippen LogP contribution in [0.15, 0.2) is 18.5 Å². The van der Waals surface area contributed by atoms with Gasteiger partial charge < -0.3 is 15.5 Å². The van der Waals surface area contributed by atoms with Crippen LogP contribution in [-0.2, 0) is 6.18 Å². The molecule has 0 saturated carbocycles. The Morgan fingerprint density at radius 2 is 1.89 bits per heavy atom. The summed E-state index contributed by atoms with van der Waals surface area (Å²) in [6.07, 6.45) is -3.39. The lowest BCUT2D eigenvalue weighted by atomic mass is 10.0. The minimum Gasteiger partial charge on any atom is -0.366 e. The topological polar surface area (TPSA) is 92.7 Å². The summed E-state index contributed by atoms with van der Waals surface area (Å²) in [5, 5.41) is 7.87. The lowest BCUT2D eigenvalue weighted by molar-refractivity contribution is -0.137. The molecule has 3 aromatic rings. The number of halogens is 3. The Hall–Kier alpha value is -2.95. The number of fused-ring (bicyclic) bond motifs is 3. The number of likely N-dealkylation sites (N-methyl/N-ethyl adjacent to an activating group) is 1. The van der Waals surface area contributed by atoms with Gasteiger partial charge in [-0.3, -0.25) is 9.20 Å². The normalized spacial score (nSPS) is 16.4. The molecule has 2 aromatic heterocycles. The molecule has 0 radical (unpaired) electrons. The van der Waals surface area contributed by atoms with Crippen LogP contribution >= 0.6 is 0 Å². The predicted molar refractivity (Wildman–Crippen MR) is 91.5 cm³/mol. The summed E-state index contributed by atoms with van der Waals surface area (Å²) in [6, 6.07) is 1.95. The van der Waals surface area contributed by atoms with Crippen molar-refractivity contribution in [2.24, 2.45) is 5.73 Å². The van der Waals surface area contributed by atoms with Crippen molar-refractivity contribution in [2.45, 2.75) is 6.18 Å². The van der Waals surface area contributed by atoms with Crippen molar-refractivity contribution in [1.82, 2.24) is 24.5 Å². The monoisotopic (exact) mass is 379 g/mol. The highest BCUT2D eigenvalue weighted by atomic mass is 19.4. The number of nitrogens with zero attached hydrogens (tertiary/aromatic N) is 6. The number of carbonyl (C=O) groups is 1. The highest BCUT2D eigenvalue weighted by Crippen LogP contribution is 2.35. The summed E-state index contributed by atoms with van der Waals surface area (Å²) in [4.78, 5) is 20.3. The van der Waals surface area contributed by atoms with Crippen LogP contribution in [0.5, 0.6) is 0 Å². The fraction of sp³-hybridized carbons (Fsp3) is 0.375. The van der Waals surface area contributed by atoms with Gasteiger partial charge in [-0.15, -0.1) is 10.2 Å². The quantitative estimate of drug-likeness (QED) is 0.718. The molecule has 1 fully saturated rings. The van der Waals surface area contributed by atoms with Crippen LogP contribution in [0.3, 0.4) is 0 Å². The van der Waals surface area contributed by atoms with Crippen molar-refractivity contribution in [3.8, 4) is 0 Å². The number of hydrogen-bond donors (Lipinski definition) is 1. The number of aromatic nitrogens is 4. The summed E-state index contributed by atoms with van der Waals surface area (Å²) in [5.41, 5.74) is 4.21. The Labute approximate surface area is 151 Å². The van der Waals surface area contributed by atoms with Crippen LogP contribution < -0.4 is 10.6 Å². The molecule has 1 amide bonds. The first-order valence-electron chi connectivity index (χ1n) is 8.23. The third-order valence-electron chi connectivity index (χ3n) is 4.72. The maximum Gasteiger partial charge on any atom is 0.417 e. The second kappa shape index (κ2) is 6.05. The molecule has 1 saturated heterocycles. The first-order chi connectivity index (χ1) is 12.8. The van der Waals surface area contributed by atoms with Crippen molar-refractivity contribution >= 4 is 28.4 Å². The molecular formula is C16H16F3N7O. The van der Waals surface area contributed by atoms with E-state index in [1.54, 1.807) is 0 Å². The maximum absolute atomic E-state index is 13.4. The molecule has 0 unspecified atom stereocenters. The number of primary amides is 1. The molecular weight excluding hydrogens is 363 g/mol. The summed E-state index contributed by atoms with van der Waals surface area (Å²) in [6.45, 7) is 3.03. The SMILES string of the molecule is CN1CCN(c2nc3cc(C(N)=O)c(C(F)(F)F)cc3n3cnnc23)CC1. The van der Waals surface area contributed by atoms with Gasteiger partial charge in [0.1, 0.15) is 6.33 Å². The van der Waals surface area contributed by atoms with E-state index in [0.29, 0.717) is 24.6 Å². The maximum atomic E-state index is 13.4. The van der Waals surface area contributed by atoms with E-state index in [4.69, 9.17) is 5.73 Å². The van der Waals surface area contributed by atoms with Gasteiger partial charge >= 0.3 is 6.18 Å². The predicted octanol–water partition coefficient (Wildman–Crippen LogP) is 1.15. The average Bonchev–Trinajstić information content (AvgIpc) is 3.09. The Kier molecular flexibility index (Phi) is 3.91. The zero-order valence-electron chi connectivity index (χ0n) is 14.4. The molecule has 142 valence electrons. The fourth-order valence-electron chi connectivity index (χ4n) is 3.26. The minimum atomic E-state index is -4.73. The molecule has 4 rings (SSSR count). The Bertz CT molecular complexity index is 1040. The summed E-state index contributed by atoms with van der Waals surface area (Å²) < 4.78 is 41.6. The van der Waals surface area contributed by atoms with Crippen LogP contribution in [0.25, 0.3) is 16.7 Å². The second-order valence-corrected chi connectivity index (χ2v) is 6.50. The fourth-order valence-corrected chi connectivity index (χ4v) is 3.26. The molecule has 0 spiro atoms. The number of rotatable bonds is 2. The molecule has 0 bridgehead atoms. The number of alkyl halides is 3. The lowest BCUT2D eigenvalue weighted by Crippen LogP contribution is -2.45. The van der Waals surface area contributed by atoms with E-state index in [1.165, 1.54) is 10.7 Å². The van der Waals surface area contributed by atoms with Gasteiger partial charge in [-0.2, -0.15) is 13.2 Å². The van der Waals surface area contributed by atoms with Gasteiger partial charge in [-0.25, -0.2) is 4.98 Å². The third-order valence-corrected chi connectivity index (χ3v) is 4.72. The first-order valence-corrected chi connectivity index (χ1v) is 8.23. The van der Waals surface area contributed by atoms with Crippen molar-refractivity contribution in [2.75, 3.05) is 38.1 Å². The number of nitrogens with two attached hydrogens (primary N) is 1. The molecule has 11 heteroatoms. The van der Waals surface area contributed by atoms with E-state index in [1.807, 2.05) is 11.9 Å². The zero-order valence-corrected chi connectivity index (χ0v) is 14.4. The van der Waals surface area contributed by atoms with Crippen LogP contribution in [-0.4, -0.2) is 63.6 Å². The average molecular weight is 379 g/mol. The van der Waals surface area contributed by atoms with Crippen molar-refractivity contribution < 1.29 is 18.0 Å². The number of hydrogen-bond acceptors (Lipinski definition) is 6. The Morgan fingerprint density at radius 1 is 1.19 bits per heavy atom. The van der Waals surface area contributed by atoms with Crippen LogP contribution in [0.2, 0.25) is 0 Å². The van der Waals surface area contributed by atoms with Gasteiger partial charge in [-0.1, -0.05) is 0 Å². The van der Waals surface area contributed by atoms with Crippen molar-refractivity contribution in [3.05, 3.63) is 29.6 Å². The third kappa shape index (κ3) is 2.93. The summed E-state index contributed by atoms with van der Waals surface area (Å²) in [5.74, 6) is -0.640. The van der Waals surface area contributed by atoms with Crippen LogP contribution in [0, 0.1) is 0 Å². The van der Waals surface area contributed by atoms with Gasteiger partial charge in [0.15, 0.2) is 5.82 Å². The highest BCUT2D eigenvalue weighted by molar-refractivity contribution is 5.99. The van der Waals surface area contributed by atoms with Gasteiger partial charge in [0, 0.05) is 26.2 Å². The molecule has 2 N–H and O–H groups in total. The largest absolute Gasteiger partial charge is 0.417 e. The Balaban J connectivity index is 1.97. The molecule has 1 aromatic carbocycles. The molecule has 3 heterocycles. The lowest BCUT2D eigenvalue weighted by Gasteiger charge is -2.33. The van der Waals surface area contributed by atoms with Crippen molar-refractivity contribution in [3.63, 3.8) is 0 Å².